The number of carbonyl (C=O) groups excluding carboxylic acids is 1. The average molecular weight is 389 g/mol. The van der Waals surface area contributed by atoms with Crippen LogP contribution in [0.5, 0.6) is 0 Å². The van der Waals surface area contributed by atoms with Crippen molar-refractivity contribution in [2.24, 2.45) is 0 Å². The van der Waals surface area contributed by atoms with Gasteiger partial charge in [0, 0.05) is 21.7 Å². The van der Waals surface area contributed by atoms with E-state index in [0.717, 1.165) is 18.9 Å². The van der Waals surface area contributed by atoms with Gasteiger partial charge in [-0.05, 0) is 34.5 Å². The Morgan fingerprint density at radius 1 is 1.42 bits per heavy atom. The molecule has 0 heterocycles. The van der Waals surface area contributed by atoms with Crippen LogP contribution in [-0.4, -0.2) is 20.9 Å². The summed E-state index contributed by atoms with van der Waals surface area (Å²) in [4.78, 5) is 11.7. The summed E-state index contributed by atoms with van der Waals surface area (Å²) in [5.74, 6) is -0.424. The Bertz CT molecular complexity index is 590. The number of unbranched alkanes of at least 4 members (excludes halogenated alkanes) is 1. The van der Waals surface area contributed by atoms with Crippen LogP contribution in [0.1, 0.15) is 30.1 Å². The molecule has 0 aliphatic rings. The first-order chi connectivity index (χ1) is 8.77. The van der Waals surface area contributed by atoms with Gasteiger partial charge in [0.15, 0.2) is 0 Å². The van der Waals surface area contributed by atoms with Gasteiger partial charge in [-0.2, -0.15) is 0 Å². The van der Waals surface area contributed by atoms with Gasteiger partial charge in [0.2, 0.25) is 0 Å². The van der Waals surface area contributed by atoms with E-state index in [0.29, 0.717) is 6.54 Å². The molecule has 1 aromatic rings. The SMILES string of the molecule is CCCCNC(=O)c1cc(S(=O)(=O)Cl)c(Br)cc1Cl. The molecule has 0 aliphatic heterocycles. The molecule has 1 rings (SSSR count). The van der Waals surface area contributed by atoms with Crippen LogP contribution in [0, 0.1) is 0 Å². The van der Waals surface area contributed by atoms with E-state index >= 15 is 0 Å². The quantitative estimate of drug-likeness (QED) is 0.619. The van der Waals surface area contributed by atoms with Gasteiger partial charge < -0.3 is 5.32 Å². The molecule has 8 heteroatoms. The van der Waals surface area contributed by atoms with Crippen molar-refractivity contribution in [2.75, 3.05) is 6.54 Å². The molecular weight excluding hydrogens is 377 g/mol. The molecule has 0 unspecified atom stereocenters. The molecule has 0 atom stereocenters. The molecule has 0 spiro atoms. The molecule has 0 fully saturated rings. The molecule has 1 N–H and O–H groups in total. The first kappa shape index (κ1) is 16.8. The molecule has 0 saturated carbocycles. The average Bonchev–Trinajstić information content (AvgIpc) is 2.27. The fourth-order valence-electron chi connectivity index (χ4n) is 1.36. The first-order valence-electron chi connectivity index (χ1n) is 5.49. The molecule has 0 saturated heterocycles. The van der Waals surface area contributed by atoms with Gasteiger partial charge in [0.05, 0.1) is 15.5 Å². The van der Waals surface area contributed by atoms with Crippen molar-refractivity contribution in [3.8, 4) is 0 Å². The molecule has 0 radical (unpaired) electrons. The van der Waals surface area contributed by atoms with Gasteiger partial charge in [-0.25, -0.2) is 8.42 Å². The first-order valence-corrected chi connectivity index (χ1v) is 8.97. The minimum Gasteiger partial charge on any atom is -0.352 e. The van der Waals surface area contributed by atoms with Crippen LogP contribution < -0.4 is 5.32 Å². The highest BCUT2D eigenvalue weighted by molar-refractivity contribution is 9.10. The molecule has 0 aromatic heterocycles. The number of nitrogens with one attached hydrogen (secondary N) is 1. The molecule has 1 aromatic carbocycles. The third kappa shape index (κ3) is 4.63. The Morgan fingerprint density at radius 2 is 2.05 bits per heavy atom. The summed E-state index contributed by atoms with van der Waals surface area (Å²) in [6.07, 6.45) is 1.77. The summed E-state index contributed by atoms with van der Waals surface area (Å²) in [7, 11) is 1.34. The molecule has 106 valence electrons. The van der Waals surface area contributed by atoms with Gasteiger partial charge in [0.1, 0.15) is 0 Å². The lowest BCUT2D eigenvalue weighted by molar-refractivity contribution is 0.0953. The highest BCUT2D eigenvalue weighted by atomic mass is 79.9. The van der Waals surface area contributed by atoms with E-state index in [2.05, 4.69) is 21.2 Å². The molecular formula is C11H12BrCl2NO3S. The third-order valence-electron chi connectivity index (χ3n) is 2.34. The highest BCUT2D eigenvalue weighted by Gasteiger charge is 2.20. The molecule has 0 bridgehead atoms. The van der Waals surface area contributed by atoms with Crippen molar-refractivity contribution in [1.29, 1.82) is 0 Å². The van der Waals surface area contributed by atoms with Crippen molar-refractivity contribution in [1.82, 2.24) is 5.32 Å². The second-order valence-corrected chi connectivity index (χ2v) is 7.61. The Labute approximate surface area is 130 Å². The lowest BCUT2D eigenvalue weighted by Gasteiger charge is -2.09. The summed E-state index contributed by atoms with van der Waals surface area (Å²) in [6, 6.07) is 2.50. The molecule has 0 aliphatic carbocycles. The number of hydrogen-bond donors (Lipinski definition) is 1. The zero-order valence-electron chi connectivity index (χ0n) is 10.0. The monoisotopic (exact) mass is 387 g/mol. The largest absolute Gasteiger partial charge is 0.352 e. The number of amides is 1. The van der Waals surface area contributed by atoms with Crippen molar-refractivity contribution < 1.29 is 13.2 Å². The van der Waals surface area contributed by atoms with E-state index in [1.807, 2.05) is 6.92 Å². The minimum absolute atomic E-state index is 0.0835. The maximum Gasteiger partial charge on any atom is 0.262 e. The van der Waals surface area contributed by atoms with Crippen molar-refractivity contribution in [3.63, 3.8) is 0 Å². The zero-order chi connectivity index (χ0) is 14.6. The van der Waals surface area contributed by atoms with Crippen LogP contribution >= 0.6 is 38.2 Å². The Kier molecular flexibility index (Phi) is 6.11. The third-order valence-corrected chi connectivity index (χ3v) is 4.94. The zero-order valence-corrected chi connectivity index (χ0v) is 14.0. The number of hydrogen-bond acceptors (Lipinski definition) is 3. The van der Waals surface area contributed by atoms with E-state index in [4.69, 9.17) is 22.3 Å². The van der Waals surface area contributed by atoms with Crippen molar-refractivity contribution >= 4 is 53.2 Å². The van der Waals surface area contributed by atoms with E-state index in [9.17, 15) is 13.2 Å². The number of rotatable bonds is 5. The van der Waals surface area contributed by atoms with Gasteiger partial charge in [-0.1, -0.05) is 24.9 Å². The Hall–Kier alpha value is -0.300. The maximum absolute atomic E-state index is 11.9. The topological polar surface area (TPSA) is 63.2 Å². The number of benzene rings is 1. The number of carbonyl (C=O) groups is 1. The molecule has 19 heavy (non-hydrogen) atoms. The predicted molar refractivity (Wildman–Crippen MR) is 79.4 cm³/mol. The van der Waals surface area contributed by atoms with Gasteiger partial charge in [-0.15, -0.1) is 0 Å². The fourth-order valence-corrected chi connectivity index (χ4v) is 3.94. The van der Waals surface area contributed by atoms with Crippen molar-refractivity contribution in [3.05, 3.63) is 27.2 Å². The van der Waals surface area contributed by atoms with E-state index < -0.39 is 15.0 Å². The van der Waals surface area contributed by atoms with Gasteiger partial charge >= 0.3 is 0 Å². The minimum atomic E-state index is -3.94. The van der Waals surface area contributed by atoms with Crippen LogP contribution in [0.2, 0.25) is 5.02 Å². The van der Waals surface area contributed by atoms with E-state index in [1.54, 1.807) is 0 Å². The summed E-state index contributed by atoms with van der Waals surface area (Å²) >= 11 is 8.98. The van der Waals surface area contributed by atoms with Gasteiger partial charge in [-0.3, -0.25) is 4.79 Å². The molecule has 4 nitrogen and oxygen atoms in total. The van der Waals surface area contributed by atoms with Gasteiger partial charge in [0.25, 0.3) is 15.0 Å². The second-order valence-electron chi connectivity index (χ2n) is 3.81. The summed E-state index contributed by atoms with van der Waals surface area (Å²) in [5, 5.41) is 2.82. The van der Waals surface area contributed by atoms with Crippen LogP contribution in [0.3, 0.4) is 0 Å². The van der Waals surface area contributed by atoms with Crippen LogP contribution in [0.25, 0.3) is 0 Å². The lowest BCUT2D eigenvalue weighted by atomic mass is 10.2. The normalized spacial score (nSPS) is 11.4. The van der Waals surface area contributed by atoms with E-state index in [-0.39, 0.29) is 20.0 Å². The maximum atomic E-state index is 11.9. The number of halogens is 3. The van der Waals surface area contributed by atoms with E-state index in [1.165, 1.54) is 6.07 Å². The summed E-state index contributed by atoms with van der Waals surface area (Å²) in [6.45, 7) is 2.50. The standard InChI is InChI=1S/C11H12BrCl2NO3S/c1-2-3-4-15-11(16)7-5-10(19(14,17)18)8(12)6-9(7)13/h5-6H,2-4H2,1H3,(H,15,16). The molecule has 1 amide bonds. The van der Waals surface area contributed by atoms with Crippen LogP contribution in [0.15, 0.2) is 21.5 Å². The Morgan fingerprint density at radius 3 is 2.58 bits per heavy atom. The second kappa shape index (κ2) is 6.92. The van der Waals surface area contributed by atoms with Crippen LogP contribution in [0.4, 0.5) is 0 Å². The highest BCUT2D eigenvalue weighted by Crippen LogP contribution is 2.30. The lowest BCUT2D eigenvalue weighted by Crippen LogP contribution is -2.24. The summed E-state index contributed by atoms with van der Waals surface area (Å²) in [5.41, 5.74) is 0.0835. The Balaban J connectivity index is 3.11. The fraction of sp³-hybridized carbons (Fsp3) is 0.364. The van der Waals surface area contributed by atoms with Crippen molar-refractivity contribution in [2.45, 2.75) is 24.7 Å². The van der Waals surface area contributed by atoms with Crippen LogP contribution in [-0.2, 0) is 9.05 Å². The predicted octanol–water partition coefficient (Wildman–Crippen LogP) is 3.56. The summed E-state index contributed by atoms with van der Waals surface area (Å²) < 4.78 is 22.9. The smallest absolute Gasteiger partial charge is 0.262 e.